The third kappa shape index (κ3) is 10.7. The smallest absolute Gasteiger partial charge is 0.00388 e. The Morgan fingerprint density at radius 3 is 2.00 bits per heavy atom. The van der Waals surface area contributed by atoms with Crippen molar-refractivity contribution in [3.63, 3.8) is 0 Å². The van der Waals surface area contributed by atoms with E-state index < -0.39 is 0 Å². The molecule has 0 aliphatic carbocycles. The standard InChI is InChI=1S/C23H49N/c1-8-12-13-16-21(6)24-19-20(5)22(15-9-2)17-14-18-23(7,10-3)11-4/h20-22,24H,8-19H2,1-7H3. The lowest BCUT2D eigenvalue weighted by Crippen LogP contribution is -2.33. The predicted octanol–water partition coefficient (Wildman–Crippen LogP) is 7.59. The van der Waals surface area contributed by atoms with Crippen LogP contribution < -0.4 is 5.32 Å². The van der Waals surface area contributed by atoms with Crippen molar-refractivity contribution in [2.75, 3.05) is 6.54 Å². The molecule has 24 heavy (non-hydrogen) atoms. The van der Waals surface area contributed by atoms with Gasteiger partial charge in [0.15, 0.2) is 0 Å². The third-order valence-electron chi connectivity index (χ3n) is 6.56. The Balaban J connectivity index is 4.19. The molecule has 0 heterocycles. The first-order valence-electron chi connectivity index (χ1n) is 11.2. The zero-order valence-corrected chi connectivity index (χ0v) is 18.2. The van der Waals surface area contributed by atoms with Crippen molar-refractivity contribution in [1.29, 1.82) is 0 Å². The molecular weight excluding hydrogens is 290 g/mol. The largest absolute Gasteiger partial charge is 0.314 e. The lowest BCUT2D eigenvalue weighted by atomic mass is 9.77. The molecule has 1 nitrogen and oxygen atoms in total. The van der Waals surface area contributed by atoms with Crippen LogP contribution in [0.4, 0.5) is 0 Å². The summed E-state index contributed by atoms with van der Waals surface area (Å²) in [4.78, 5) is 0. The summed E-state index contributed by atoms with van der Waals surface area (Å²) in [7, 11) is 0. The quantitative estimate of drug-likeness (QED) is 0.285. The molecule has 0 aliphatic heterocycles. The van der Waals surface area contributed by atoms with Gasteiger partial charge in [0.05, 0.1) is 0 Å². The highest BCUT2D eigenvalue weighted by Gasteiger charge is 2.22. The molecule has 0 bridgehead atoms. The summed E-state index contributed by atoms with van der Waals surface area (Å²) in [6.07, 6.45) is 15.1. The van der Waals surface area contributed by atoms with Crippen LogP contribution in [0.3, 0.4) is 0 Å². The second kappa shape index (κ2) is 14.2. The van der Waals surface area contributed by atoms with Gasteiger partial charge in [-0.15, -0.1) is 0 Å². The maximum absolute atomic E-state index is 3.81. The summed E-state index contributed by atoms with van der Waals surface area (Å²) in [6, 6.07) is 0.685. The molecule has 0 spiro atoms. The van der Waals surface area contributed by atoms with Gasteiger partial charge in [-0.2, -0.15) is 0 Å². The molecule has 0 aliphatic rings. The summed E-state index contributed by atoms with van der Waals surface area (Å²) in [5, 5.41) is 3.81. The van der Waals surface area contributed by atoms with E-state index in [1.165, 1.54) is 77.2 Å². The molecule has 0 rings (SSSR count). The van der Waals surface area contributed by atoms with E-state index in [1.54, 1.807) is 0 Å². The molecule has 0 aromatic heterocycles. The van der Waals surface area contributed by atoms with Gasteiger partial charge in [0.2, 0.25) is 0 Å². The Bertz CT molecular complexity index is 269. The molecule has 0 radical (unpaired) electrons. The fourth-order valence-corrected chi connectivity index (χ4v) is 3.84. The molecular formula is C23H49N. The Hall–Kier alpha value is -0.0400. The van der Waals surface area contributed by atoms with E-state index in [-0.39, 0.29) is 0 Å². The van der Waals surface area contributed by atoms with Crippen LogP contribution in [-0.2, 0) is 0 Å². The molecule has 0 aromatic rings. The minimum absolute atomic E-state index is 0.575. The Morgan fingerprint density at radius 2 is 1.46 bits per heavy atom. The zero-order valence-electron chi connectivity index (χ0n) is 18.2. The van der Waals surface area contributed by atoms with Gasteiger partial charge in [0, 0.05) is 6.04 Å². The van der Waals surface area contributed by atoms with Crippen LogP contribution in [-0.4, -0.2) is 12.6 Å². The van der Waals surface area contributed by atoms with Gasteiger partial charge in [-0.25, -0.2) is 0 Å². The van der Waals surface area contributed by atoms with E-state index in [2.05, 4.69) is 53.8 Å². The van der Waals surface area contributed by atoms with E-state index >= 15 is 0 Å². The minimum atomic E-state index is 0.575. The Labute approximate surface area is 154 Å². The first kappa shape index (κ1) is 24.0. The maximum Gasteiger partial charge on any atom is 0.00388 e. The van der Waals surface area contributed by atoms with E-state index in [4.69, 9.17) is 0 Å². The first-order valence-corrected chi connectivity index (χ1v) is 11.2. The van der Waals surface area contributed by atoms with Crippen LogP contribution in [0.5, 0.6) is 0 Å². The maximum atomic E-state index is 3.81. The Morgan fingerprint density at radius 1 is 0.792 bits per heavy atom. The van der Waals surface area contributed by atoms with Crippen molar-refractivity contribution in [2.45, 2.75) is 125 Å². The molecule has 0 saturated heterocycles. The van der Waals surface area contributed by atoms with Crippen molar-refractivity contribution >= 4 is 0 Å². The highest BCUT2D eigenvalue weighted by Crippen LogP contribution is 2.33. The summed E-state index contributed by atoms with van der Waals surface area (Å²) in [5.74, 6) is 1.72. The Kier molecular flexibility index (Phi) is 14.1. The van der Waals surface area contributed by atoms with Crippen molar-refractivity contribution in [3.05, 3.63) is 0 Å². The molecule has 0 fully saturated rings. The van der Waals surface area contributed by atoms with Gasteiger partial charge in [-0.05, 0) is 43.6 Å². The van der Waals surface area contributed by atoms with Gasteiger partial charge in [-0.1, -0.05) is 99.3 Å². The van der Waals surface area contributed by atoms with E-state index in [0.29, 0.717) is 11.5 Å². The fourth-order valence-electron chi connectivity index (χ4n) is 3.84. The molecule has 1 heteroatoms. The minimum Gasteiger partial charge on any atom is -0.314 e. The van der Waals surface area contributed by atoms with E-state index in [9.17, 15) is 0 Å². The topological polar surface area (TPSA) is 12.0 Å². The van der Waals surface area contributed by atoms with Crippen molar-refractivity contribution in [3.8, 4) is 0 Å². The second-order valence-electron chi connectivity index (χ2n) is 8.74. The number of nitrogens with one attached hydrogen (secondary N) is 1. The molecule has 0 aromatic carbocycles. The molecule has 146 valence electrons. The second-order valence-corrected chi connectivity index (χ2v) is 8.74. The van der Waals surface area contributed by atoms with Gasteiger partial charge in [-0.3, -0.25) is 0 Å². The van der Waals surface area contributed by atoms with Crippen LogP contribution in [0.1, 0.15) is 119 Å². The average Bonchev–Trinajstić information content (AvgIpc) is 2.59. The first-order chi connectivity index (χ1) is 11.4. The molecule has 3 atom stereocenters. The van der Waals surface area contributed by atoms with Gasteiger partial charge >= 0.3 is 0 Å². The van der Waals surface area contributed by atoms with Gasteiger partial charge in [0.25, 0.3) is 0 Å². The van der Waals surface area contributed by atoms with Crippen molar-refractivity contribution < 1.29 is 0 Å². The van der Waals surface area contributed by atoms with Crippen LogP contribution in [0.25, 0.3) is 0 Å². The molecule has 3 unspecified atom stereocenters. The average molecular weight is 340 g/mol. The highest BCUT2D eigenvalue weighted by molar-refractivity contribution is 4.75. The summed E-state index contributed by atoms with van der Waals surface area (Å²) in [6.45, 7) is 17.9. The van der Waals surface area contributed by atoms with Crippen LogP contribution in [0, 0.1) is 17.3 Å². The van der Waals surface area contributed by atoms with Crippen LogP contribution >= 0.6 is 0 Å². The van der Waals surface area contributed by atoms with Gasteiger partial charge < -0.3 is 5.32 Å². The molecule has 0 saturated carbocycles. The normalized spacial score (nSPS) is 16.1. The predicted molar refractivity (Wildman–Crippen MR) is 112 cm³/mol. The summed E-state index contributed by atoms with van der Waals surface area (Å²) in [5.41, 5.74) is 0.575. The van der Waals surface area contributed by atoms with E-state index in [0.717, 1.165) is 11.8 Å². The third-order valence-corrected chi connectivity index (χ3v) is 6.56. The van der Waals surface area contributed by atoms with E-state index in [1.807, 2.05) is 0 Å². The zero-order chi connectivity index (χ0) is 18.4. The number of hydrogen-bond acceptors (Lipinski definition) is 1. The summed E-state index contributed by atoms with van der Waals surface area (Å²) < 4.78 is 0. The lowest BCUT2D eigenvalue weighted by molar-refractivity contribution is 0.231. The highest BCUT2D eigenvalue weighted by atomic mass is 14.9. The molecule has 1 N–H and O–H groups in total. The van der Waals surface area contributed by atoms with Crippen molar-refractivity contribution in [1.82, 2.24) is 5.32 Å². The van der Waals surface area contributed by atoms with Crippen LogP contribution in [0.2, 0.25) is 0 Å². The molecule has 0 amide bonds. The number of unbranched alkanes of at least 4 members (excludes halogenated alkanes) is 2. The SMILES string of the molecule is CCCCCC(C)NCC(C)C(CCC)CCCC(C)(CC)CC. The van der Waals surface area contributed by atoms with Crippen LogP contribution in [0.15, 0.2) is 0 Å². The van der Waals surface area contributed by atoms with Gasteiger partial charge in [0.1, 0.15) is 0 Å². The number of rotatable bonds is 16. The van der Waals surface area contributed by atoms with Crippen molar-refractivity contribution in [2.24, 2.45) is 17.3 Å². The lowest BCUT2D eigenvalue weighted by Gasteiger charge is -2.30. The summed E-state index contributed by atoms with van der Waals surface area (Å²) >= 11 is 0. The fraction of sp³-hybridized carbons (Fsp3) is 1.00. The number of hydrogen-bond donors (Lipinski definition) is 1. The monoisotopic (exact) mass is 339 g/mol.